The van der Waals surface area contributed by atoms with E-state index in [-0.39, 0.29) is 12.2 Å². The van der Waals surface area contributed by atoms with E-state index in [9.17, 15) is 5.11 Å². The first-order chi connectivity index (χ1) is 9.63. The number of nitrogens with zero attached hydrogens (tertiary/aromatic N) is 1. The Morgan fingerprint density at radius 2 is 1.85 bits per heavy atom. The third kappa shape index (κ3) is 2.68. The zero-order valence-corrected chi connectivity index (χ0v) is 12.2. The van der Waals surface area contributed by atoms with Crippen LogP contribution in [0.5, 0.6) is 5.75 Å². The molecule has 3 saturated heterocycles. The summed E-state index contributed by atoms with van der Waals surface area (Å²) < 4.78 is 5.65. The maximum absolute atomic E-state index is 10.4. The second-order valence-electron chi connectivity index (χ2n) is 6.07. The van der Waals surface area contributed by atoms with Crippen molar-refractivity contribution in [2.45, 2.75) is 38.9 Å². The van der Waals surface area contributed by atoms with Crippen molar-refractivity contribution in [3.63, 3.8) is 0 Å². The molecular formula is C17H23NO2. The van der Waals surface area contributed by atoms with Crippen molar-refractivity contribution >= 4 is 6.08 Å². The van der Waals surface area contributed by atoms with E-state index in [1.807, 2.05) is 26.0 Å². The summed E-state index contributed by atoms with van der Waals surface area (Å²) in [5, 5.41) is 10.4. The second-order valence-corrected chi connectivity index (χ2v) is 6.07. The van der Waals surface area contributed by atoms with E-state index in [0.29, 0.717) is 5.92 Å². The van der Waals surface area contributed by atoms with Gasteiger partial charge in [0.15, 0.2) is 0 Å². The molecule has 3 nitrogen and oxygen atoms in total. The Morgan fingerprint density at radius 1 is 1.20 bits per heavy atom. The standard InChI is InChI=1S/C17H23NO2/c1-12(2)20-15-5-3-13(4-6-15)11-16-17(19)14-7-9-18(16)10-8-14/h3-6,11-12,14,17,19H,7-10H2,1-2H3. The summed E-state index contributed by atoms with van der Waals surface area (Å²) in [5.41, 5.74) is 2.22. The predicted octanol–water partition coefficient (Wildman–Crippen LogP) is 2.90. The molecule has 108 valence electrons. The first-order valence-electron chi connectivity index (χ1n) is 7.55. The molecule has 0 saturated carbocycles. The largest absolute Gasteiger partial charge is 0.491 e. The molecule has 0 aromatic heterocycles. The molecule has 20 heavy (non-hydrogen) atoms. The van der Waals surface area contributed by atoms with Gasteiger partial charge in [-0.2, -0.15) is 0 Å². The van der Waals surface area contributed by atoms with Crippen molar-refractivity contribution in [1.82, 2.24) is 4.90 Å². The molecule has 3 heterocycles. The molecular weight excluding hydrogens is 250 g/mol. The van der Waals surface area contributed by atoms with Gasteiger partial charge in [-0.1, -0.05) is 12.1 Å². The zero-order chi connectivity index (χ0) is 14.1. The van der Waals surface area contributed by atoms with Crippen LogP contribution in [0, 0.1) is 5.92 Å². The number of hydrogen-bond acceptors (Lipinski definition) is 3. The van der Waals surface area contributed by atoms with Gasteiger partial charge in [0.2, 0.25) is 0 Å². The van der Waals surface area contributed by atoms with Crippen LogP contribution in [0.15, 0.2) is 30.0 Å². The molecule has 2 bridgehead atoms. The maximum Gasteiger partial charge on any atom is 0.119 e. The van der Waals surface area contributed by atoms with Crippen molar-refractivity contribution in [3.05, 3.63) is 35.5 Å². The van der Waals surface area contributed by atoms with Crippen LogP contribution in [0.1, 0.15) is 32.3 Å². The topological polar surface area (TPSA) is 32.7 Å². The van der Waals surface area contributed by atoms with Gasteiger partial charge >= 0.3 is 0 Å². The minimum absolute atomic E-state index is 0.196. The molecule has 3 aliphatic rings. The average Bonchev–Trinajstić information content (AvgIpc) is 2.44. The summed E-state index contributed by atoms with van der Waals surface area (Å²) in [6.45, 7) is 6.22. The molecule has 1 N–H and O–H groups in total. The van der Waals surface area contributed by atoms with Gasteiger partial charge < -0.3 is 14.7 Å². The van der Waals surface area contributed by atoms with Crippen LogP contribution in [-0.2, 0) is 0 Å². The highest BCUT2D eigenvalue weighted by atomic mass is 16.5. The van der Waals surface area contributed by atoms with E-state index in [1.54, 1.807) is 0 Å². The Hall–Kier alpha value is -1.48. The molecule has 3 aliphatic heterocycles. The molecule has 0 radical (unpaired) electrons. The van der Waals surface area contributed by atoms with Gasteiger partial charge in [0, 0.05) is 18.8 Å². The van der Waals surface area contributed by atoms with Gasteiger partial charge in [-0.05, 0) is 56.4 Å². The van der Waals surface area contributed by atoms with E-state index < -0.39 is 0 Å². The van der Waals surface area contributed by atoms with Crippen LogP contribution in [-0.4, -0.2) is 35.3 Å². The minimum atomic E-state index is -0.288. The third-order valence-corrected chi connectivity index (χ3v) is 4.22. The van der Waals surface area contributed by atoms with Gasteiger partial charge in [0.05, 0.1) is 12.2 Å². The van der Waals surface area contributed by atoms with Gasteiger partial charge in [0.25, 0.3) is 0 Å². The number of aliphatic hydroxyl groups is 1. The van der Waals surface area contributed by atoms with Gasteiger partial charge in [-0.3, -0.25) is 0 Å². The van der Waals surface area contributed by atoms with Crippen molar-refractivity contribution in [3.8, 4) is 5.75 Å². The monoisotopic (exact) mass is 273 g/mol. The molecule has 3 fully saturated rings. The third-order valence-electron chi connectivity index (χ3n) is 4.22. The SMILES string of the molecule is CC(C)Oc1ccc(C=C2C(O)C3CCN2CC3)cc1. The Labute approximate surface area is 120 Å². The molecule has 3 heteroatoms. The zero-order valence-electron chi connectivity index (χ0n) is 12.2. The first-order valence-corrected chi connectivity index (χ1v) is 7.55. The Kier molecular flexibility index (Phi) is 3.70. The number of fused-ring (bicyclic) bond motifs is 3. The van der Waals surface area contributed by atoms with Crippen LogP contribution in [0.25, 0.3) is 6.08 Å². The van der Waals surface area contributed by atoms with Crippen LogP contribution in [0.2, 0.25) is 0 Å². The summed E-state index contributed by atoms with van der Waals surface area (Å²) in [6, 6.07) is 8.10. The molecule has 1 unspecified atom stereocenters. The van der Waals surface area contributed by atoms with Crippen LogP contribution in [0.4, 0.5) is 0 Å². The molecule has 0 spiro atoms. The summed E-state index contributed by atoms with van der Waals surface area (Å²) in [5.74, 6) is 1.35. The fourth-order valence-corrected chi connectivity index (χ4v) is 3.16. The van der Waals surface area contributed by atoms with Gasteiger partial charge in [0.1, 0.15) is 5.75 Å². The first kappa shape index (κ1) is 13.5. The number of piperidine rings is 3. The highest BCUT2D eigenvalue weighted by Gasteiger charge is 2.36. The van der Waals surface area contributed by atoms with Crippen molar-refractivity contribution in [1.29, 1.82) is 0 Å². The number of aliphatic hydroxyl groups excluding tert-OH is 1. The predicted molar refractivity (Wildman–Crippen MR) is 80.5 cm³/mol. The van der Waals surface area contributed by atoms with E-state index in [4.69, 9.17) is 4.74 Å². The van der Waals surface area contributed by atoms with Crippen molar-refractivity contribution in [2.75, 3.05) is 13.1 Å². The number of rotatable bonds is 3. The second kappa shape index (κ2) is 5.49. The molecule has 1 aromatic rings. The molecule has 1 aromatic carbocycles. The van der Waals surface area contributed by atoms with E-state index in [1.165, 1.54) is 0 Å². The fraction of sp³-hybridized carbons (Fsp3) is 0.529. The van der Waals surface area contributed by atoms with Gasteiger partial charge in [-0.25, -0.2) is 0 Å². The highest BCUT2D eigenvalue weighted by molar-refractivity contribution is 5.55. The smallest absolute Gasteiger partial charge is 0.119 e. The lowest BCUT2D eigenvalue weighted by atomic mass is 9.83. The molecule has 0 aliphatic carbocycles. The van der Waals surface area contributed by atoms with E-state index in [2.05, 4.69) is 23.1 Å². The van der Waals surface area contributed by atoms with E-state index >= 15 is 0 Å². The summed E-state index contributed by atoms with van der Waals surface area (Å²) in [6.07, 6.45) is 4.28. The van der Waals surface area contributed by atoms with Crippen LogP contribution < -0.4 is 4.74 Å². The average molecular weight is 273 g/mol. The number of hydrogen-bond donors (Lipinski definition) is 1. The quantitative estimate of drug-likeness (QED) is 0.919. The molecule has 0 amide bonds. The summed E-state index contributed by atoms with van der Waals surface area (Å²) in [7, 11) is 0. The van der Waals surface area contributed by atoms with E-state index in [0.717, 1.165) is 42.9 Å². The lowest BCUT2D eigenvalue weighted by Crippen LogP contribution is -2.48. The Morgan fingerprint density at radius 3 is 2.40 bits per heavy atom. The molecule has 1 atom stereocenters. The Bertz CT molecular complexity index is 480. The van der Waals surface area contributed by atoms with Crippen molar-refractivity contribution in [2.24, 2.45) is 5.92 Å². The Balaban J connectivity index is 1.78. The van der Waals surface area contributed by atoms with Crippen molar-refractivity contribution < 1.29 is 9.84 Å². The fourth-order valence-electron chi connectivity index (χ4n) is 3.16. The summed E-state index contributed by atoms with van der Waals surface area (Å²) in [4.78, 5) is 2.32. The number of benzene rings is 1. The lowest BCUT2D eigenvalue weighted by Gasteiger charge is -2.45. The summed E-state index contributed by atoms with van der Waals surface area (Å²) >= 11 is 0. The van der Waals surface area contributed by atoms with Crippen LogP contribution in [0.3, 0.4) is 0 Å². The lowest BCUT2D eigenvalue weighted by molar-refractivity contribution is 0.0215. The highest BCUT2D eigenvalue weighted by Crippen LogP contribution is 2.35. The van der Waals surface area contributed by atoms with Gasteiger partial charge in [-0.15, -0.1) is 0 Å². The normalized spacial score (nSPS) is 27.4. The minimum Gasteiger partial charge on any atom is -0.491 e. The number of ether oxygens (including phenoxy) is 1. The maximum atomic E-state index is 10.4. The molecule has 4 rings (SSSR count). The van der Waals surface area contributed by atoms with Crippen LogP contribution >= 0.6 is 0 Å².